The van der Waals surface area contributed by atoms with Crippen LogP contribution in [0.3, 0.4) is 0 Å². The topological polar surface area (TPSA) is 75.4 Å². The highest BCUT2D eigenvalue weighted by Crippen LogP contribution is 2.20. The molecule has 3 N–H and O–H groups in total. The lowest BCUT2D eigenvalue weighted by Gasteiger charge is -2.29. The molecule has 1 unspecified atom stereocenters. The molecule has 0 aromatic heterocycles. The van der Waals surface area contributed by atoms with Crippen LogP contribution in [0, 0.1) is 0 Å². The number of hydrogen-bond donors (Lipinski definition) is 2. The molecule has 6 heteroatoms. The summed E-state index contributed by atoms with van der Waals surface area (Å²) >= 11 is 0. The van der Waals surface area contributed by atoms with Gasteiger partial charge in [0.1, 0.15) is 0 Å². The standard InChI is InChI=1S/C14H23N3O2S/c1-2-5-14(10-15)16-20(18,19)17-9-8-12-6-3-4-7-13(12)11-17/h3-4,6-7,14,16H,2,5,8-11,15H2,1H3. The molecule has 1 heterocycles. The van der Waals surface area contributed by atoms with E-state index in [9.17, 15) is 8.42 Å². The summed E-state index contributed by atoms with van der Waals surface area (Å²) in [6, 6.07) is 7.81. The second-order valence-electron chi connectivity index (χ2n) is 5.20. The summed E-state index contributed by atoms with van der Waals surface area (Å²) < 4.78 is 29.0. The van der Waals surface area contributed by atoms with Crippen molar-refractivity contribution in [1.82, 2.24) is 9.03 Å². The van der Waals surface area contributed by atoms with Gasteiger partial charge in [0.05, 0.1) is 0 Å². The van der Waals surface area contributed by atoms with E-state index < -0.39 is 10.2 Å². The van der Waals surface area contributed by atoms with Gasteiger partial charge in [0.15, 0.2) is 0 Å². The number of nitrogens with two attached hydrogens (primary N) is 1. The van der Waals surface area contributed by atoms with Crippen molar-refractivity contribution in [1.29, 1.82) is 0 Å². The molecular weight excluding hydrogens is 274 g/mol. The highest BCUT2D eigenvalue weighted by Gasteiger charge is 2.28. The van der Waals surface area contributed by atoms with Crippen molar-refractivity contribution in [2.75, 3.05) is 13.1 Å². The molecule has 1 aromatic rings. The van der Waals surface area contributed by atoms with Crippen LogP contribution in [0.1, 0.15) is 30.9 Å². The van der Waals surface area contributed by atoms with E-state index >= 15 is 0 Å². The van der Waals surface area contributed by atoms with Crippen molar-refractivity contribution in [2.24, 2.45) is 5.73 Å². The summed E-state index contributed by atoms with van der Waals surface area (Å²) in [5, 5.41) is 0. The maximum Gasteiger partial charge on any atom is 0.280 e. The third-order valence-corrected chi connectivity index (χ3v) is 5.30. The van der Waals surface area contributed by atoms with Gasteiger partial charge in [-0.3, -0.25) is 0 Å². The molecule has 5 nitrogen and oxygen atoms in total. The fourth-order valence-corrected chi connectivity index (χ4v) is 3.96. The zero-order valence-electron chi connectivity index (χ0n) is 11.9. The maximum atomic E-state index is 12.4. The van der Waals surface area contributed by atoms with Crippen LogP contribution in [-0.4, -0.2) is 31.9 Å². The molecular formula is C14H23N3O2S. The first-order chi connectivity index (χ1) is 9.56. The van der Waals surface area contributed by atoms with Crippen LogP contribution in [0.2, 0.25) is 0 Å². The second-order valence-corrected chi connectivity index (χ2v) is 6.90. The fraction of sp³-hybridized carbons (Fsp3) is 0.571. The third-order valence-electron chi connectivity index (χ3n) is 3.67. The molecule has 1 atom stereocenters. The largest absolute Gasteiger partial charge is 0.329 e. The Morgan fingerprint density at radius 3 is 2.70 bits per heavy atom. The Balaban J connectivity index is 2.08. The number of nitrogens with one attached hydrogen (secondary N) is 1. The molecule has 0 bridgehead atoms. The van der Waals surface area contributed by atoms with Crippen LogP contribution in [0.5, 0.6) is 0 Å². The summed E-state index contributed by atoms with van der Waals surface area (Å²) in [6.45, 7) is 3.32. The highest BCUT2D eigenvalue weighted by molar-refractivity contribution is 7.87. The average molecular weight is 297 g/mol. The molecule has 0 fully saturated rings. The third kappa shape index (κ3) is 3.58. The lowest BCUT2D eigenvalue weighted by atomic mass is 10.0. The van der Waals surface area contributed by atoms with E-state index in [2.05, 4.69) is 10.8 Å². The van der Waals surface area contributed by atoms with E-state index in [0.29, 0.717) is 19.6 Å². The Labute approximate surface area is 121 Å². The van der Waals surface area contributed by atoms with Gasteiger partial charge >= 0.3 is 0 Å². The van der Waals surface area contributed by atoms with Crippen LogP contribution in [0.25, 0.3) is 0 Å². The zero-order valence-corrected chi connectivity index (χ0v) is 12.7. The molecule has 112 valence electrons. The minimum atomic E-state index is -3.46. The average Bonchev–Trinajstić information content (AvgIpc) is 2.46. The molecule has 0 radical (unpaired) electrons. The molecule has 1 aliphatic rings. The highest BCUT2D eigenvalue weighted by atomic mass is 32.2. The maximum absolute atomic E-state index is 12.4. The summed E-state index contributed by atoms with van der Waals surface area (Å²) in [5.74, 6) is 0. The molecule has 20 heavy (non-hydrogen) atoms. The van der Waals surface area contributed by atoms with Gasteiger partial charge in [0.25, 0.3) is 10.2 Å². The molecule has 0 aliphatic carbocycles. The molecule has 0 saturated heterocycles. The molecule has 0 spiro atoms. The van der Waals surface area contributed by atoms with E-state index in [-0.39, 0.29) is 6.04 Å². The molecule has 1 aromatic carbocycles. The fourth-order valence-electron chi connectivity index (χ4n) is 2.53. The number of nitrogens with zero attached hydrogens (tertiary/aromatic N) is 1. The van der Waals surface area contributed by atoms with Crippen molar-refractivity contribution >= 4 is 10.2 Å². The minimum absolute atomic E-state index is 0.179. The molecule has 0 saturated carbocycles. The Bertz CT molecular complexity index is 545. The predicted octanol–water partition coefficient (Wildman–Crippen LogP) is 1.01. The summed E-state index contributed by atoms with van der Waals surface area (Å²) in [7, 11) is -3.46. The van der Waals surface area contributed by atoms with Crippen LogP contribution >= 0.6 is 0 Å². The van der Waals surface area contributed by atoms with Gasteiger partial charge in [0, 0.05) is 25.7 Å². The van der Waals surface area contributed by atoms with Crippen molar-refractivity contribution in [3.05, 3.63) is 35.4 Å². The lowest BCUT2D eigenvalue weighted by Crippen LogP contribution is -2.49. The summed E-state index contributed by atoms with van der Waals surface area (Å²) in [6.07, 6.45) is 2.44. The van der Waals surface area contributed by atoms with E-state index in [1.54, 1.807) is 0 Å². The number of benzene rings is 1. The summed E-state index contributed by atoms with van der Waals surface area (Å²) in [5.41, 5.74) is 7.95. The van der Waals surface area contributed by atoms with E-state index in [1.165, 1.54) is 9.87 Å². The van der Waals surface area contributed by atoms with E-state index in [0.717, 1.165) is 24.8 Å². The first kappa shape index (κ1) is 15.4. The van der Waals surface area contributed by atoms with Crippen LogP contribution < -0.4 is 10.5 Å². The first-order valence-corrected chi connectivity index (χ1v) is 8.55. The van der Waals surface area contributed by atoms with Gasteiger partial charge in [-0.15, -0.1) is 0 Å². The summed E-state index contributed by atoms with van der Waals surface area (Å²) in [4.78, 5) is 0. The van der Waals surface area contributed by atoms with Crippen molar-refractivity contribution in [2.45, 2.75) is 38.8 Å². The monoisotopic (exact) mass is 297 g/mol. The van der Waals surface area contributed by atoms with Gasteiger partial charge < -0.3 is 5.73 Å². The Kier molecular flexibility index (Phi) is 5.15. The lowest BCUT2D eigenvalue weighted by molar-refractivity contribution is 0.376. The normalized spacial score (nSPS) is 17.7. The van der Waals surface area contributed by atoms with Crippen LogP contribution in [0.4, 0.5) is 0 Å². The van der Waals surface area contributed by atoms with Gasteiger partial charge in [-0.1, -0.05) is 37.6 Å². The molecule has 0 amide bonds. The van der Waals surface area contributed by atoms with Gasteiger partial charge in [-0.05, 0) is 24.0 Å². The molecule has 2 rings (SSSR count). The first-order valence-electron chi connectivity index (χ1n) is 7.11. The zero-order chi connectivity index (χ0) is 14.6. The Morgan fingerprint density at radius 1 is 1.35 bits per heavy atom. The van der Waals surface area contributed by atoms with Gasteiger partial charge in [0.2, 0.25) is 0 Å². The predicted molar refractivity (Wildman–Crippen MR) is 80.4 cm³/mol. The van der Waals surface area contributed by atoms with E-state index in [4.69, 9.17) is 5.73 Å². The Morgan fingerprint density at radius 2 is 2.05 bits per heavy atom. The van der Waals surface area contributed by atoms with E-state index in [1.807, 2.05) is 25.1 Å². The van der Waals surface area contributed by atoms with Crippen LogP contribution in [-0.2, 0) is 23.2 Å². The van der Waals surface area contributed by atoms with Crippen LogP contribution in [0.15, 0.2) is 24.3 Å². The van der Waals surface area contributed by atoms with Crippen molar-refractivity contribution in [3.8, 4) is 0 Å². The second kappa shape index (κ2) is 6.67. The number of fused-ring (bicyclic) bond motifs is 1. The quantitative estimate of drug-likeness (QED) is 0.823. The number of rotatable bonds is 6. The van der Waals surface area contributed by atoms with Gasteiger partial charge in [-0.25, -0.2) is 0 Å². The minimum Gasteiger partial charge on any atom is -0.329 e. The molecule has 1 aliphatic heterocycles. The number of hydrogen-bond acceptors (Lipinski definition) is 3. The van der Waals surface area contributed by atoms with Crippen molar-refractivity contribution in [3.63, 3.8) is 0 Å². The Hall–Kier alpha value is -0.950. The smallest absolute Gasteiger partial charge is 0.280 e. The van der Waals surface area contributed by atoms with Crippen molar-refractivity contribution < 1.29 is 8.42 Å². The van der Waals surface area contributed by atoms with Gasteiger partial charge in [-0.2, -0.15) is 17.4 Å². The SMILES string of the molecule is CCCC(CN)NS(=O)(=O)N1CCc2ccccc2C1.